The maximum Gasteiger partial charge on any atom is 0.416 e. The van der Waals surface area contributed by atoms with Crippen molar-refractivity contribution in [3.63, 3.8) is 0 Å². The highest BCUT2D eigenvalue weighted by atomic mass is 35.5. The van der Waals surface area contributed by atoms with Crippen LogP contribution >= 0.6 is 11.6 Å². The lowest BCUT2D eigenvalue weighted by Crippen LogP contribution is -2.36. The number of aryl methyl sites for hydroxylation is 1. The number of halogens is 4. The molecule has 0 radical (unpaired) electrons. The zero-order valence-electron chi connectivity index (χ0n) is 23.5. The van der Waals surface area contributed by atoms with E-state index < -0.39 is 33.8 Å². The van der Waals surface area contributed by atoms with E-state index in [0.29, 0.717) is 29.3 Å². The van der Waals surface area contributed by atoms with Gasteiger partial charge in [-0.25, -0.2) is 4.79 Å². The first-order valence-electron chi connectivity index (χ1n) is 13.3. The molecule has 3 aromatic rings. The first-order chi connectivity index (χ1) is 18.8. The molecule has 1 N–H and O–H groups in total. The number of hydrogen-bond acceptors (Lipinski definition) is 5. The molecular weight excluding hydrogens is 565 g/mol. The Hall–Kier alpha value is -2.47. The topological polar surface area (TPSA) is 78.4 Å². The van der Waals surface area contributed by atoms with Crippen molar-refractivity contribution in [3.05, 3.63) is 72.4 Å². The monoisotopic (exact) mass is 600 g/mol. The Bertz CT molecular complexity index is 1500. The average Bonchev–Trinajstić information content (AvgIpc) is 2.89. The number of hydrogen-bond donors (Lipinski definition) is 1. The number of fused-ring (bicyclic) bond motifs is 1. The molecule has 0 aliphatic carbocycles. The Kier molecular flexibility index (Phi) is 10.8. The van der Waals surface area contributed by atoms with E-state index in [0.717, 1.165) is 35.7 Å². The van der Waals surface area contributed by atoms with E-state index in [2.05, 4.69) is 16.8 Å². The van der Waals surface area contributed by atoms with Gasteiger partial charge < -0.3 is 14.8 Å². The van der Waals surface area contributed by atoms with Crippen LogP contribution in [-0.4, -0.2) is 62.5 Å². The van der Waals surface area contributed by atoms with Crippen molar-refractivity contribution >= 4 is 33.3 Å². The maximum absolute atomic E-state index is 14.3. The van der Waals surface area contributed by atoms with Crippen LogP contribution in [0.5, 0.6) is 0 Å². The van der Waals surface area contributed by atoms with E-state index in [1.165, 1.54) is 0 Å². The normalized spacial score (nSPS) is 13.1. The van der Waals surface area contributed by atoms with Crippen molar-refractivity contribution in [1.82, 2.24) is 19.4 Å². The number of alkyl halides is 3. The number of aromatic nitrogens is 2. The quantitative estimate of drug-likeness (QED) is 0.316. The summed E-state index contributed by atoms with van der Waals surface area (Å²) in [6.45, 7) is 10.2. The van der Waals surface area contributed by atoms with Gasteiger partial charge in [0.1, 0.15) is 0 Å². The molecule has 40 heavy (non-hydrogen) atoms. The molecule has 1 unspecified atom stereocenters. The van der Waals surface area contributed by atoms with Crippen molar-refractivity contribution in [1.29, 1.82) is 0 Å². The van der Waals surface area contributed by atoms with Crippen LogP contribution in [0.25, 0.3) is 10.9 Å². The number of nitrogens with zero attached hydrogens (tertiary/aromatic N) is 3. The summed E-state index contributed by atoms with van der Waals surface area (Å²) in [4.78, 5) is 33.5. The molecule has 0 fully saturated rings. The highest BCUT2D eigenvalue weighted by molar-refractivity contribution is 7.85. The van der Waals surface area contributed by atoms with E-state index in [1.54, 1.807) is 37.1 Å². The minimum atomic E-state index is -4.78. The standard InChI is InChI=1S/C28H36ClF3N4O3S/c1-6-11-35(7-2)13-12-34(5)17-21-22(28(30,31)32)15-20-25(24(21)29)33-27(38)36(26(20)37)16-19-14-18(4)9-10-23(19)40(39)8-3/h9-10,14-15H,6-8,11-13,16-17H2,1-5H3,(H,33,38). The first kappa shape index (κ1) is 32.0. The van der Waals surface area contributed by atoms with E-state index >= 15 is 0 Å². The van der Waals surface area contributed by atoms with Crippen LogP contribution in [0.2, 0.25) is 5.02 Å². The molecule has 12 heteroatoms. The molecule has 220 valence electrons. The number of aromatic amines is 1. The molecular formula is C28H36ClF3N4O3S. The van der Waals surface area contributed by atoms with Crippen LogP contribution in [0.1, 0.15) is 49.4 Å². The van der Waals surface area contributed by atoms with Crippen molar-refractivity contribution in [2.24, 2.45) is 0 Å². The molecule has 1 heterocycles. The average molecular weight is 601 g/mol. The highest BCUT2D eigenvalue weighted by Gasteiger charge is 2.36. The van der Waals surface area contributed by atoms with Crippen LogP contribution < -0.4 is 11.2 Å². The second-order valence-corrected chi connectivity index (χ2v) is 12.0. The Morgan fingerprint density at radius 2 is 1.77 bits per heavy atom. The fourth-order valence-electron chi connectivity index (χ4n) is 4.73. The van der Waals surface area contributed by atoms with E-state index in [9.17, 15) is 27.0 Å². The summed E-state index contributed by atoms with van der Waals surface area (Å²) in [7, 11) is 0.345. The molecule has 0 saturated carbocycles. The Morgan fingerprint density at radius 1 is 1.07 bits per heavy atom. The molecule has 7 nitrogen and oxygen atoms in total. The zero-order chi connectivity index (χ0) is 29.8. The zero-order valence-corrected chi connectivity index (χ0v) is 25.0. The lowest BCUT2D eigenvalue weighted by Gasteiger charge is -2.25. The van der Waals surface area contributed by atoms with Gasteiger partial charge in [0.2, 0.25) is 0 Å². The summed E-state index contributed by atoms with van der Waals surface area (Å²) in [5, 5.41) is -0.642. The third kappa shape index (κ3) is 7.23. The van der Waals surface area contributed by atoms with Crippen LogP contribution in [-0.2, 0) is 30.1 Å². The van der Waals surface area contributed by atoms with Gasteiger partial charge in [0.05, 0.1) is 38.8 Å². The summed E-state index contributed by atoms with van der Waals surface area (Å²) in [5.74, 6) is 0.329. The summed E-state index contributed by atoms with van der Waals surface area (Å²) >= 11 is 6.50. The fourth-order valence-corrected chi connectivity index (χ4v) is 5.99. The van der Waals surface area contributed by atoms with Gasteiger partial charge in [0.15, 0.2) is 0 Å². The summed E-state index contributed by atoms with van der Waals surface area (Å²) in [5.41, 5.74) is -1.76. The van der Waals surface area contributed by atoms with Crippen molar-refractivity contribution in [2.45, 2.75) is 58.3 Å². The Balaban J connectivity index is 2.11. The molecule has 0 bridgehead atoms. The van der Waals surface area contributed by atoms with E-state index in [4.69, 9.17) is 11.6 Å². The third-order valence-electron chi connectivity index (χ3n) is 6.89. The van der Waals surface area contributed by atoms with Gasteiger partial charge in [-0.15, -0.1) is 0 Å². The third-order valence-corrected chi connectivity index (χ3v) is 8.72. The highest BCUT2D eigenvalue weighted by Crippen LogP contribution is 2.38. The molecule has 1 atom stereocenters. The minimum absolute atomic E-state index is 0.117. The molecule has 1 aromatic heterocycles. The smallest absolute Gasteiger partial charge is 0.305 e. The maximum atomic E-state index is 14.3. The van der Waals surface area contributed by atoms with Crippen LogP contribution in [0.3, 0.4) is 0 Å². The predicted octanol–water partition coefficient (Wildman–Crippen LogP) is 5.01. The van der Waals surface area contributed by atoms with E-state index in [-0.39, 0.29) is 34.6 Å². The number of benzene rings is 2. The largest absolute Gasteiger partial charge is 0.416 e. The van der Waals surface area contributed by atoms with Crippen molar-refractivity contribution in [2.75, 3.05) is 39.0 Å². The minimum Gasteiger partial charge on any atom is -0.305 e. The van der Waals surface area contributed by atoms with Gasteiger partial charge in [-0.3, -0.25) is 13.6 Å². The van der Waals surface area contributed by atoms with Gasteiger partial charge in [0.25, 0.3) is 5.56 Å². The lowest BCUT2D eigenvalue weighted by atomic mass is 10.0. The summed E-state index contributed by atoms with van der Waals surface area (Å²) in [6.07, 6.45) is -3.81. The number of H-pyrrole nitrogens is 1. The van der Waals surface area contributed by atoms with Crippen LogP contribution in [0.15, 0.2) is 38.8 Å². The van der Waals surface area contributed by atoms with Gasteiger partial charge in [-0.1, -0.05) is 50.1 Å². The van der Waals surface area contributed by atoms with Gasteiger partial charge in [-0.2, -0.15) is 13.2 Å². The predicted molar refractivity (Wildman–Crippen MR) is 155 cm³/mol. The molecule has 0 spiro atoms. The second kappa shape index (κ2) is 13.5. The fraction of sp³-hybridized carbons (Fsp3) is 0.500. The summed E-state index contributed by atoms with van der Waals surface area (Å²) in [6, 6.07) is 5.94. The van der Waals surface area contributed by atoms with E-state index in [1.807, 2.05) is 13.8 Å². The molecule has 0 aliphatic rings. The summed E-state index contributed by atoms with van der Waals surface area (Å²) < 4.78 is 56.2. The van der Waals surface area contributed by atoms with Gasteiger partial charge in [-0.05, 0) is 56.7 Å². The molecule has 2 aromatic carbocycles. The number of rotatable bonds is 12. The van der Waals surface area contributed by atoms with Crippen LogP contribution in [0, 0.1) is 6.92 Å². The molecule has 0 amide bonds. The molecule has 0 aliphatic heterocycles. The SMILES string of the molecule is CCCN(CC)CCN(C)Cc1c(C(F)(F)F)cc2c(=O)n(Cc3cc(C)ccc3S(=O)CC)c(=O)[nH]c2c1Cl. The lowest BCUT2D eigenvalue weighted by molar-refractivity contribution is -0.138. The Labute approximate surface area is 239 Å². The number of likely N-dealkylation sites (N-methyl/N-ethyl adjacent to an activating group) is 2. The molecule has 3 rings (SSSR count). The second-order valence-electron chi connectivity index (χ2n) is 9.88. The van der Waals surface area contributed by atoms with Crippen LogP contribution in [0.4, 0.5) is 13.2 Å². The first-order valence-corrected chi connectivity index (χ1v) is 15.0. The van der Waals surface area contributed by atoms with Gasteiger partial charge in [0, 0.05) is 30.3 Å². The molecule has 0 saturated heterocycles. The Morgan fingerprint density at radius 3 is 2.38 bits per heavy atom. The van der Waals surface area contributed by atoms with Crippen molar-refractivity contribution in [3.8, 4) is 0 Å². The number of nitrogens with one attached hydrogen (secondary N) is 1. The van der Waals surface area contributed by atoms with Gasteiger partial charge >= 0.3 is 11.9 Å². The van der Waals surface area contributed by atoms with Crippen molar-refractivity contribution < 1.29 is 17.4 Å².